The van der Waals surface area contributed by atoms with Gasteiger partial charge in [0, 0.05) is 23.8 Å². The van der Waals surface area contributed by atoms with Gasteiger partial charge in [0.2, 0.25) is 0 Å². The first-order valence-corrected chi connectivity index (χ1v) is 8.11. The fraction of sp³-hybridized carbons (Fsp3) is 0.278. The van der Waals surface area contributed by atoms with Crippen molar-refractivity contribution in [3.05, 3.63) is 53.1 Å². The number of rotatable bonds is 6. The van der Waals surface area contributed by atoms with E-state index in [4.69, 9.17) is 16.3 Å². The van der Waals surface area contributed by atoms with Crippen LogP contribution in [0, 0.1) is 0 Å². The summed E-state index contributed by atoms with van der Waals surface area (Å²) in [6, 6.07) is 10.8. The molecule has 0 radical (unpaired) electrons. The van der Waals surface area contributed by atoms with Crippen LogP contribution in [0.2, 0.25) is 5.02 Å². The normalized spacial score (nSPS) is 11.8. The molecule has 26 heavy (non-hydrogen) atoms. The van der Waals surface area contributed by atoms with Crippen LogP contribution in [0.3, 0.4) is 0 Å². The maximum Gasteiger partial charge on any atom is 0.387 e. The molecule has 2 amide bonds. The number of hydrogen-bond acceptors (Lipinski definition) is 3. The zero-order valence-corrected chi connectivity index (χ0v) is 15.3. The molecule has 0 aliphatic carbocycles. The van der Waals surface area contributed by atoms with E-state index in [-0.39, 0.29) is 17.5 Å². The van der Waals surface area contributed by atoms with Crippen LogP contribution in [0.15, 0.2) is 42.5 Å². The molecule has 0 heterocycles. The Morgan fingerprint density at radius 3 is 2.38 bits per heavy atom. The van der Waals surface area contributed by atoms with E-state index < -0.39 is 12.6 Å². The van der Waals surface area contributed by atoms with Gasteiger partial charge in [0.1, 0.15) is 0 Å². The number of ether oxygens (including phenoxy) is 2. The maximum absolute atomic E-state index is 12.5. The first-order chi connectivity index (χ1) is 12.3. The fourth-order valence-electron chi connectivity index (χ4n) is 2.29. The molecule has 8 heteroatoms. The summed E-state index contributed by atoms with van der Waals surface area (Å²) in [5.74, 6) is -0.0140. The molecule has 0 fully saturated rings. The molecule has 0 saturated heterocycles. The van der Waals surface area contributed by atoms with Gasteiger partial charge in [0.15, 0.2) is 11.5 Å². The lowest BCUT2D eigenvalue weighted by atomic mass is 10.1. The zero-order valence-electron chi connectivity index (χ0n) is 14.5. The number of halogens is 3. The zero-order chi connectivity index (χ0) is 19.3. The second-order valence-corrected chi connectivity index (χ2v) is 5.95. The molecule has 0 aliphatic heterocycles. The van der Waals surface area contributed by atoms with Crippen molar-refractivity contribution in [2.45, 2.75) is 19.6 Å². The van der Waals surface area contributed by atoms with Gasteiger partial charge in [-0.25, -0.2) is 4.79 Å². The number of amides is 2. The molecule has 2 aromatic carbocycles. The minimum absolute atomic E-state index is 0.145. The second-order valence-electron chi connectivity index (χ2n) is 5.51. The number of carbonyl (C=O) groups excluding carboxylic acids is 1. The van der Waals surface area contributed by atoms with Crippen LogP contribution in [0.5, 0.6) is 11.5 Å². The molecular formula is C18H19ClF2N2O3. The lowest BCUT2D eigenvalue weighted by Crippen LogP contribution is -2.33. The number of anilines is 1. The summed E-state index contributed by atoms with van der Waals surface area (Å²) < 4.78 is 34.4. The first-order valence-electron chi connectivity index (χ1n) is 7.74. The SMILES string of the molecule is COc1ccc(NC(=O)N(C)[C@@H](C)c2ccc(Cl)cc2)cc1OC(F)F. The molecule has 140 valence electrons. The van der Waals surface area contributed by atoms with Crippen molar-refractivity contribution < 1.29 is 23.0 Å². The lowest BCUT2D eigenvalue weighted by molar-refractivity contribution is -0.0511. The van der Waals surface area contributed by atoms with Crippen LogP contribution in [-0.4, -0.2) is 31.7 Å². The number of alkyl halides is 2. The highest BCUT2D eigenvalue weighted by atomic mass is 35.5. The van der Waals surface area contributed by atoms with Gasteiger partial charge >= 0.3 is 12.6 Å². The average molecular weight is 385 g/mol. The van der Waals surface area contributed by atoms with Crippen molar-refractivity contribution in [1.82, 2.24) is 4.90 Å². The summed E-state index contributed by atoms with van der Waals surface area (Å²) >= 11 is 5.87. The van der Waals surface area contributed by atoms with E-state index in [0.717, 1.165) is 5.56 Å². The van der Waals surface area contributed by atoms with Crippen LogP contribution >= 0.6 is 11.6 Å². The first kappa shape index (κ1) is 19.8. The lowest BCUT2D eigenvalue weighted by Gasteiger charge is -2.26. The van der Waals surface area contributed by atoms with Crippen molar-refractivity contribution in [3.8, 4) is 11.5 Å². The fourth-order valence-corrected chi connectivity index (χ4v) is 2.42. The molecule has 2 aromatic rings. The van der Waals surface area contributed by atoms with Crippen LogP contribution < -0.4 is 14.8 Å². The number of urea groups is 1. The third-order valence-corrected chi connectivity index (χ3v) is 4.14. The molecule has 0 saturated carbocycles. The predicted molar refractivity (Wildman–Crippen MR) is 96.3 cm³/mol. The van der Waals surface area contributed by atoms with E-state index in [9.17, 15) is 13.6 Å². The van der Waals surface area contributed by atoms with Crippen molar-refractivity contribution in [2.75, 3.05) is 19.5 Å². The Morgan fingerprint density at radius 1 is 1.15 bits per heavy atom. The number of benzene rings is 2. The highest BCUT2D eigenvalue weighted by Gasteiger charge is 2.18. The molecule has 0 aliphatic rings. The quantitative estimate of drug-likeness (QED) is 0.747. The van der Waals surface area contributed by atoms with Gasteiger partial charge < -0.3 is 19.7 Å². The summed E-state index contributed by atoms with van der Waals surface area (Å²) in [6.07, 6.45) is 0. The van der Waals surface area contributed by atoms with E-state index in [0.29, 0.717) is 10.7 Å². The van der Waals surface area contributed by atoms with Gasteiger partial charge in [-0.05, 0) is 36.8 Å². The Morgan fingerprint density at radius 2 is 1.81 bits per heavy atom. The molecule has 0 unspecified atom stereocenters. The Bertz CT molecular complexity index is 757. The molecule has 1 atom stereocenters. The van der Waals surface area contributed by atoms with Crippen molar-refractivity contribution in [1.29, 1.82) is 0 Å². The Kier molecular flexibility index (Phi) is 6.63. The molecule has 0 aromatic heterocycles. The summed E-state index contributed by atoms with van der Waals surface area (Å²) in [4.78, 5) is 13.9. The van der Waals surface area contributed by atoms with Gasteiger partial charge in [-0.1, -0.05) is 23.7 Å². The van der Waals surface area contributed by atoms with Crippen molar-refractivity contribution in [2.24, 2.45) is 0 Å². The van der Waals surface area contributed by atoms with Crippen molar-refractivity contribution in [3.63, 3.8) is 0 Å². The van der Waals surface area contributed by atoms with Crippen LogP contribution in [0.4, 0.5) is 19.3 Å². The summed E-state index contributed by atoms with van der Waals surface area (Å²) in [7, 11) is 2.97. The minimum Gasteiger partial charge on any atom is -0.493 e. The van der Waals surface area contributed by atoms with Crippen LogP contribution in [0.25, 0.3) is 0 Å². The number of nitrogens with zero attached hydrogens (tertiary/aromatic N) is 1. The van der Waals surface area contributed by atoms with Crippen molar-refractivity contribution >= 4 is 23.3 Å². The largest absolute Gasteiger partial charge is 0.493 e. The third kappa shape index (κ3) is 4.98. The topological polar surface area (TPSA) is 50.8 Å². The van der Waals surface area contributed by atoms with E-state index in [1.165, 1.54) is 30.2 Å². The van der Waals surface area contributed by atoms with E-state index >= 15 is 0 Å². The summed E-state index contributed by atoms with van der Waals surface area (Å²) in [6.45, 7) is -1.13. The molecular weight excluding hydrogens is 366 g/mol. The highest BCUT2D eigenvalue weighted by molar-refractivity contribution is 6.30. The standard InChI is InChI=1S/C18H19ClF2N2O3/c1-11(12-4-6-13(19)7-5-12)23(2)18(24)22-14-8-9-15(25-3)16(10-14)26-17(20)21/h4-11,17H,1-3H3,(H,22,24)/t11-/m0/s1. The number of nitrogens with one attached hydrogen (secondary N) is 1. The Hall–Kier alpha value is -2.54. The Labute approximate surface area is 155 Å². The van der Waals surface area contributed by atoms with Crippen LogP contribution in [-0.2, 0) is 0 Å². The molecule has 0 bridgehead atoms. The number of methoxy groups -OCH3 is 1. The van der Waals surface area contributed by atoms with E-state index in [1.54, 1.807) is 19.2 Å². The predicted octanol–water partition coefficient (Wildman–Crippen LogP) is 5.17. The second kappa shape index (κ2) is 8.71. The minimum atomic E-state index is -3.00. The summed E-state index contributed by atoms with van der Waals surface area (Å²) in [5, 5.41) is 3.26. The molecule has 2 rings (SSSR count). The van der Waals surface area contributed by atoms with E-state index in [2.05, 4.69) is 10.1 Å². The Balaban J connectivity index is 2.11. The van der Waals surface area contributed by atoms with E-state index in [1.807, 2.05) is 19.1 Å². The number of hydrogen-bond donors (Lipinski definition) is 1. The average Bonchev–Trinajstić information content (AvgIpc) is 2.61. The number of carbonyl (C=O) groups is 1. The monoisotopic (exact) mass is 384 g/mol. The van der Waals surface area contributed by atoms with Gasteiger partial charge in [-0.15, -0.1) is 0 Å². The van der Waals surface area contributed by atoms with Gasteiger partial charge in [-0.2, -0.15) is 8.78 Å². The van der Waals surface area contributed by atoms with Gasteiger partial charge in [0.25, 0.3) is 0 Å². The van der Waals surface area contributed by atoms with Gasteiger partial charge in [-0.3, -0.25) is 0 Å². The van der Waals surface area contributed by atoms with Gasteiger partial charge in [0.05, 0.1) is 13.2 Å². The molecule has 5 nitrogen and oxygen atoms in total. The molecule has 1 N–H and O–H groups in total. The smallest absolute Gasteiger partial charge is 0.387 e. The highest BCUT2D eigenvalue weighted by Crippen LogP contribution is 2.32. The van der Waals surface area contributed by atoms with Crippen LogP contribution in [0.1, 0.15) is 18.5 Å². The molecule has 0 spiro atoms. The maximum atomic E-state index is 12.5. The summed E-state index contributed by atoms with van der Waals surface area (Å²) in [5.41, 5.74) is 1.21. The third-order valence-electron chi connectivity index (χ3n) is 3.88.